The van der Waals surface area contributed by atoms with Gasteiger partial charge in [0.15, 0.2) is 11.6 Å². The van der Waals surface area contributed by atoms with Crippen molar-refractivity contribution in [2.45, 2.75) is 181 Å². The van der Waals surface area contributed by atoms with E-state index < -0.39 is 132 Å². The van der Waals surface area contributed by atoms with Gasteiger partial charge in [-0.15, -0.1) is 0 Å². The molecule has 74 heavy (non-hydrogen) atoms. The van der Waals surface area contributed by atoms with Crippen LogP contribution < -0.4 is 0 Å². The number of aliphatic hydroxyl groups excluding tert-OH is 5. The Morgan fingerprint density at radius 3 is 2.14 bits per heavy atom. The Morgan fingerprint density at radius 1 is 0.838 bits per heavy atom. The van der Waals surface area contributed by atoms with E-state index in [1.165, 1.54) is 35.2 Å². The fraction of sp³-hybridized carbons (Fsp3) is 0.732. The molecular weight excluding hydrogens is 959 g/mol. The number of hydrogen-bond donors (Lipinski definition) is 5. The van der Waals surface area contributed by atoms with Crippen LogP contribution in [0.2, 0.25) is 0 Å². The maximum atomic E-state index is 14.4. The zero-order valence-electron chi connectivity index (χ0n) is 45.6. The van der Waals surface area contributed by atoms with E-state index in [0.717, 1.165) is 10.5 Å². The molecule has 1 saturated heterocycles. The van der Waals surface area contributed by atoms with Crippen molar-refractivity contribution in [1.82, 2.24) is 4.90 Å². The molecule has 18 heteroatoms. The molecule has 418 valence electrons. The highest BCUT2D eigenvalue weighted by Crippen LogP contribution is 2.36. The number of methoxy groups -OCH3 is 3. The van der Waals surface area contributed by atoms with Crippen molar-refractivity contribution in [2.75, 3.05) is 41.1 Å². The van der Waals surface area contributed by atoms with Crippen LogP contribution in [0.4, 0.5) is 0 Å². The van der Waals surface area contributed by atoms with E-state index >= 15 is 0 Å². The lowest BCUT2D eigenvalue weighted by atomic mass is 9.78. The van der Waals surface area contributed by atoms with E-state index in [1.807, 2.05) is 39.0 Å². The van der Waals surface area contributed by atoms with Crippen LogP contribution in [0.3, 0.4) is 0 Å². The minimum absolute atomic E-state index is 0.0375. The molecule has 0 radical (unpaired) electrons. The molecule has 5 N–H and O–H groups in total. The number of fused-ring (bicyclic) bond motifs is 1. The predicted octanol–water partition coefficient (Wildman–Crippen LogP) is 4.54. The third-order valence-corrected chi connectivity index (χ3v) is 15.4. The summed E-state index contributed by atoms with van der Waals surface area (Å²) < 4.78 is 28.9. The lowest BCUT2D eigenvalue weighted by molar-refractivity contribution is -0.177. The van der Waals surface area contributed by atoms with Crippen LogP contribution in [0.25, 0.3) is 0 Å². The van der Waals surface area contributed by atoms with Crippen LogP contribution in [-0.2, 0) is 57.2 Å². The minimum atomic E-state index is -1.51. The molecule has 4 unspecified atom stereocenters. The number of rotatable bonds is 10. The molecule has 2 heterocycles. The average Bonchev–Trinajstić information content (AvgIpc) is 3.38. The summed E-state index contributed by atoms with van der Waals surface area (Å²) in [4.78, 5) is 97.4. The second-order valence-corrected chi connectivity index (χ2v) is 21.6. The number of ether oxygens (including phenoxy) is 5. The number of aliphatic hydroxyl groups is 5. The Balaban J connectivity index is 2.01. The summed E-state index contributed by atoms with van der Waals surface area (Å²) in [6.07, 6.45) is 5.32. The van der Waals surface area contributed by atoms with Crippen LogP contribution >= 0.6 is 0 Å². The number of esters is 2. The van der Waals surface area contributed by atoms with Crippen LogP contribution in [0, 0.1) is 40.9 Å². The Kier molecular flexibility index (Phi) is 26.4. The lowest BCUT2D eigenvalue weighted by Crippen LogP contribution is -2.53. The van der Waals surface area contributed by atoms with Gasteiger partial charge >= 0.3 is 11.9 Å². The van der Waals surface area contributed by atoms with Crippen molar-refractivity contribution in [3.8, 4) is 0 Å². The molecule has 2 fully saturated rings. The van der Waals surface area contributed by atoms with Crippen LogP contribution in [-0.4, -0.2) is 167 Å². The maximum absolute atomic E-state index is 14.4. The Hall–Kier alpha value is -4.27. The predicted molar refractivity (Wildman–Crippen MR) is 274 cm³/mol. The van der Waals surface area contributed by atoms with Crippen molar-refractivity contribution in [2.24, 2.45) is 40.9 Å². The number of allylic oxidation sites excluding steroid dienone is 6. The van der Waals surface area contributed by atoms with Crippen molar-refractivity contribution < 1.29 is 82.8 Å². The van der Waals surface area contributed by atoms with Crippen LogP contribution in [0.1, 0.15) is 126 Å². The molecule has 0 aromatic carbocycles. The second kappa shape index (κ2) is 30.5. The number of carbonyl (C=O) groups is 7. The number of piperidine rings is 1. The summed E-state index contributed by atoms with van der Waals surface area (Å²) in [6, 6.07) is -1.29. The van der Waals surface area contributed by atoms with E-state index in [2.05, 4.69) is 0 Å². The molecule has 15 atom stereocenters. The first-order valence-corrected chi connectivity index (χ1v) is 26.3. The number of nitrogens with zero attached hydrogens (tertiary/aromatic N) is 1. The van der Waals surface area contributed by atoms with E-state index in [1.54, 1.807) is 39.0 Å². The lowest BCUT2D eigenvalue weighted by Gasteiger charge is -2.38. The van der Waals surface area contributed by atoms with E-state index in [9.17, 15) is 59.1 Å². The van der Waals surface area contributed by atoms with Crippen molar-refractivity contribution >= 4 is 41.0 Å². The zero-order valence-corrected chi connectivity index (χ0v) is 45.6. The Morgan fingerprint density at radius 2 is 1.51 bits per heavy atom. The molecule has 3 aliphatic rings. The third kappa shape index (κ3) is 17.9. The van der Waals surface area contributed by atoms with Crippen molar-refractivity contribution in [3.05, 3.63) is 47.6 Å². The third-order valence-electron chi connectivity index (χ3n) is 15.4. The quantitative estimate of drug-likeness (QED) is 0.149. The van der Waals surface area contributed by atoms with E-state index in [-0.39, 0.29) is 55.4 Å². The molecular formula is C56H87NO17. The Bertz CT molecular complexity index is 2020. The van der Waals surface area contributed by atoms with Gasteiger partial charge in [-0.05, 0) is 101 Å². The summed E-state index contributed by atoms with van der Waals surface area (Å²) in [5, 5.41) is 53.1. The number of hydrogen-bond acceptors (Lipinski definition) is 17. The van der Waals surface area contributed by atoms with Crippen molar-refractivity contribution in [3.63, 3.8) is 0 Å². The first kappa shape index (κ1) is 64.0. The van der Waals surface area contributed by atoms with Gasteiger partial charge in [-0.1, -0.05) is 71.1 Å². The fourth-order valence-electron chi connectivity index (χ4n) is 10.1. The number of carbonyl (C=O) groups excluding carboxylic acids is 7. The normalized spacial score (nSPS) is 33.4. The van der Waals surface area contributed by atoms with Gasteiger partial charge in [0.1, 0.15) is 29.8 Å². The van der Waals surface area contributed by atoms with Gasteiger partial charge in [0.25, 0.3) is 11.7 Å². The molecule has 0 bridgehead atoms. The fourth-order valence-corrected chi connectivity index (χ4v) is 10.1. The molecule has 1 amide bonds. The standard InChI is InChI=1S/C56H87NO17/c1-32-17-13-12-14-18-33(2)45(70-9)28-40(60)27-43(62)38(7)50(65)51(66)53(67)57-22-16-15-19-41(57)54(68)73-46(29-42(61)34(3)24-37(6)49(64)52(72-11)48(63)36(5)23-32)35(4)25-39-20-21-44(47(26-39)71-10)74-55(69)56(8,30-58)31-59/h12-14,17-18,24,32,35-41,43-47,49,52,58-60,62,64H,15-16,19-23,25-31H2,1-11H3/t32-,35?,36-,37?,38-,39+,40?,41+,43?,44-,45+,46+,47-,49-,52+/m1/s1. The van der Waals surface area contributed by atoms with Gasteiger partial charge in [0, 0.05) is 64.9 Å². The van der Waals surface area contributed by atoms with Gasteiger partial charge in [-0.3, -0.25) is 28.8 Å². The SMILES string of the molecule is CO[C@H]1CC(O)CC(O)[C@@H](C)C(=O)C(=O)C(=O)N2CCCC[C@H]2C(=O)O[C@H](C(C)C[C@@H]2CC[C@@H](OC(=O)C(C)(CO)CO)[C@H](OC)C2)CC(=O)C(C)=CC(C)[C@@H](O)[C@@H](OC)C(=O)[C@H](C)C[C@H](C)C=CC=CC=C1C. The smallest absolute Gasteiger partial charge is 0.329 e. The zero-order chi connectivity index (χ0) is 55.6. The summed E-state index contributed by atoms with van der Waals surface area (Å²) in [6.45, 7) is 12.0. The van der Waals surface area contributed by atoms with Gasteiger partial charge in [0.05, 0.1) is 43.7 Å². The van der Waals surface area contributed by atoms with Gasteiger partial charge in [-0.25, -0.2) is 4.79 Å². The van der Waals surface area contributed by atoms with Crippen LogP contribution in [0.15, 0.2) is 47.6 Å². The molecule has 1 aliphatic carbocycles. The molecule has 0 aromatic heterocycles. The monoisotopic (exact) mass is 1050 g/mol. The molecule has 18 nitrogen and oxygen atoms in total. The Labute approximate surface area is 437 Å². The largest absolute Gasteiger partial charge is 0.460 e. The average molecular weight is 1050 g/mol. The maximum Gasteiger partial charge on any atom is 0.329 e. The summed E-state index contributed by atoms with van der Waals surface area (Å²) in [5.41, 5.74) is -0.518. The number of amides is 1. The molecule has 0 spiro atoms. The highest BCUT2D eigenvalue weighted by molar-refractivity contribution is 6.63. The summed E-state index contributed by atoms with van der Waals surface area (Å²) in [5.74, 6) is -9.45. The molecule has 2 aliphatic heterocycles. The first-order valence-electron chi connectivity index (χ1n) is 26.3. The summed E-state index contributed by atoms with van der Waals surface area (Å²) in [7, 11) is 4.30. The topological polar surface area (TPSA) is 270 Å². The first-order chi connectivity index (χ1) is 34.9. The number of ketones is 4. The van der Waals surface area contributed by atoms with Gasteiger partial charge < -0.3 is 54.1 Å². The number of Topliss-reactive ketones (excluding diaryl/α,β-unsaturated/α-hetero) is 4. The van der Waals surface area contributed by atoms with Gasteiger partial charge in [-0.2, -0.15) is 0 Å². The van der Waals surface area contributed by atoms with E-state index in [4.69, 9.17) is 23.7 Å². The van der Waals surface area contributed by atoms with Crippen LogP contribution in [0.5, 0.6) is 0 Å². The summed E-state index contributed by atoms with van der Waals surface area (Å²) >= 11 is 0. The molecule has 0 aromatic rings. The van der Waals surface area contributed by atoms with Crippen molar-refractivity contribution in [1.29, 1.82) is 0 Å². The molecule has 3 rings (SSSR count). The minimum Gasteiger partial charge on any atom is -0.460 e. The number of cyclic esters (lactones) is 1. The molecule has 1 saturated carbocycles. The highest BCUT2D eigenvalue weighted by atomic mass is 16.6. The van der Waals surface area contributed by atoms with E-state index in [0.29, 0.717) is 44.9 Å². The van der Waals surface area contributed by atoms with Gasteiger partial charge in [0.2, 0.25) is 5.78 Å². The second-order valence-electron chi connectivity index (χ2n) is 21.6. The highest BCUT2D eigenvalue weighted by Gasteiger charge is 2.44.